The van der Waals surface area contributed by atoms with Gasteiger partial charge < -0.3 is 15.7 Å². The Morgan fingerprint density at radius 2 is 1.91 bits per heavy atom. The van der Waals surface area contributed by atoms with Crippen molar-refractivity contribution in [2.24, 2.45) is 10.9 Å². The van der Waals surface area contributed by atoms with Crippen LogP contribution in [-0.4, -0.2) is 91.4 Å². The molecule has 0 spiro atoms. The molecular formula is C30H36ClN5O5S2. The molecule has 1 saturated heterocycles. The van der Waals surface area contributed by atoms with E-state index in [1.54, 1.807) is 6.07 Å². The maximum absolute atomic E-state index is 13.6. The Bertz CT molecular complexity index is 1560. The number of nitrogens with zero attached hydrogens (tertiary/aromatic N) is 3. The summed E-state index contributed by atoms with van der Waals surface area (Å²) < 4.78 is 24.3. The Labute approximate surface area is 260 Å². The van der Waals surface area contributed by atoms with Gasteiger partial charge in [0.15, 0.2) is 9.84 Å². The molecule has 3 N–H and O–H groups in total. The van der Waals surface area contributed by atoms with Crippen molar-refractivity contribution in [3.63, 3.8) is 0 Å². The average molecular weight is 646 g/mol. The van der Waals surface area contributed by atoms with Crippen LogP contribution in [0, 0.1) is 5.92 Å². The summed E-state index contributed by atoms with van der Waals surface area (Å²) in [4.78, 5) is 37.1. The summed E-state index contributed by atoms with van der Waals surface area (Å²) in [6.07, 6.45) is 1.20. The molecule has 1 fully saturated rings. The monoisotopic (exact) mass is 645 g/mol. The molecule has 3 aromatic rings. The van der Waals surface area contributed by atoms with Crippen molar-refractivity contribution in [1.82, 2.24) is 20.5 Å². The molecule has 0 saturated carbocycles. The molecule has 2 amide bonds. The summed E-state index contributed by atoms with van der Waals surface area (Å²) in [6.45, 7) is 6.54. The van der Waals surface area contributed by atoms with Crippen molar-refractivity contribution in [3.8, 4) is 0 Å². The Kier molecular flexibility index (Phi) is 11.4. The highest BCUT2D eigenvalue weighted by molar-refractivity contribution is 7.91. The number of hydrogen-bond donors (Lipinski definition) is 3. The van der Waals surface area contributed by atoms with Crippen LogP contribution in [0.4, 0.5) is 0 Å². The quantitative estimate of drug-likeness (QED) is 0.192. The minimum atomic E-state index is -3.02. The number of amides is 2. The van der Waals surface area contributed by atoms with Crippen LogP contribution >= 0.6 is 22.9 Å². The second kappa shape index (κ2) is 15.0. The number of nitrogens with one attached hydrogen (secondary N) is 2. The zero-order valence-electron chi connectivity index (χ0n) is 23.9. The maximum Gasteiger partial charge on any atom is 0.247 e. The molecule has 43 heavy (non-hydrogen) atoms. The minimum Gasteiger partial charge on any atom is -0.372 e. The molecule has 10 nitrogen and oxygen atoms in total. The number of hydrogen-bond acceptors (Lipinski definition) is 9. The second-order valence-electron chi connectivity index (χ2n) is 10.6. The predicted molar refractivity (Wildman–Crippen MR) is 171 cm³/mol. The lowest BCUT2D eigenvalue weighted by Crippen LogP contribution is -2.48. The molecule has 1 aliphatic rings. The normalized spacial score (nSPS) is 17.4. The van der Waals surface area contributed by atoms with Crippen molar-refractivity contribution in [3.05, 3.63) is 76.3 Å². The van der Waals surface area contributed by atoms with Crippen LogP contribution in [-0.2, 0) is 32.3 Å². The third-order valence-corrected chi connectivity index (χ3v) is 9.85. The van der Waals surface area contributed by atoms with E-state index in [4.69, 9.17) is 11.6 Å². The van der Waals surface area contributed by atoms with Gasteiger partial charge in [-0.15, -0.1) is 11.3 Å². The van der Waals surface area contributed by atoms with Crippen LogP contribution in [0.2, 0.25) is 5.02 Å². The molecule has 2 aromatic carbocycles. The van der Waals surface area contributed by atoms with Crippen LogP contribution < -0.4 is 10.6 Å². The van der Waals surface area contributed by atoms with Gasteiger partial charge in [0.05, 0.1) is 38.7 Å². The van der Waals surface area contributed by atoms with Gasteiger partial charge in [-0.25, -0.2) is 13.4 Å². The van der Waals surface area contributed by atoms with E-state index >= 15 is 0 Å². The number of aliphatic hydroxyl groups is 1. The van der Waals surface area contributed by atoms with Gasteiger partial charge >= 0.3 is 0 Å². The number of sulfone groups is 1. The molecule has 0 aliphatic carbocycles. The van der Waals surface area contributed by atoms with E-state index in [9.17, 15) is 23.1 Å². The molecule has 2 unspecified atom stereocenters. The molecule has 2 heterocycles. The average Bonchev–Trinajstić information content (AvgIpc) is 3.36. The van der Waals surface area contributed by atoms with E-state index in [1.165, 1.54) is 24.5 Å². The van der Waals surface area contributed by atoms with E-state index in [2.05, 4.69) is 27.2 Å². The van der Waals surface area contributed by atoms with Gasteiger partial charge in [-0.1, -0.05) is 48.5 Å². The summed E-state index contributed by atoms with van der Waals surface area (Å²) in [5.41, 5.74) is 2.08. The SMILES string of the molecule is C=C(CN1CCS(=O)(=O)CC1)C(=O)NC[C@H](Cc1ccccc1)NC(=O)C(/C=N/C(C)O)Cc1nc2ccc(Cl)cc2s1. The Hall–Kier alpha value is -3.16. The van der Waals surface area contributed by atoms with E-state index < -0.39 is 28.0 Å². The standard InChI is InChI=1S/C30H36ClN5O5S2/c1-20(19-36-10-12-43(40,41)13-11-36)29(38)33-18-25(14-22-6-4-3-5-7-22)34-30(39)23(17-32-21(2)37)15-28-35-26-9-8-24(31)16-27(26)42-28/h3-9,16-17,21,23,25,37H,1,10-15,18-19H2,2H3,(H,33,38)(H,34,39)/b32-17+/t21?,23?,25-/m0/s1. The van der Waals surface area contributed by atoms with E-state index in [0.717, 1.165) is 20.8 Å². The number of halogens is 1. The first-order valence-electron chi connectivity index (χ1n) is 14.0. The summed E-state index contributed by atoms with van der Waals surface area (Å²) >= 11 is 7.57. The fourth-order valence-corrected chi connectivity index (χ4v) is 7.21. The van der Waals surface area contributed by atoms with Crippen LogP contribution in [0.15, 0.2) is 65.7 Å². The van der Waals surface area contributed by atoms with Crippen LogP contribution in [0.5, 0.6) is 0 Å². The van der Waals surface area contributed by atoms with Crippen LogP contribution in [0.1, 0.15) is 17.5 Å². The van der Waals surface area contributed by atoms with Crippen LogP contribution in [0.25, 0.3) is 10.2 Å². The molecule has 1 aromatic heterocycles. The Morgan fingerprint density at radius 3 is 2.60 bits per heavy atom. The van der Waals surface area contributed by atoms with Gasteiger partial charge in [-0.2, -0.15) is 0 Å². The first-order valence-corrected chi connectivity index (χ1v) is 17.0. The maximum atomic E-state index is 13.6. The number of rotatable bonds is 13. The first kappa shape index (κ1) is 32.7. The molecule has 0 bridgehead atoms. The highest BCUT2D eigenvalue weighted by atomic mass is 35.5. The largest absolute Gasteiger partial charge is 0.372 e. The molecule has 3 atom stereocenters. The number of thiazole rings is 1. The van der Waals surface area contributed by atoms with E-state index in [0.29, 0.717) is 30.1 Å². The summed E-state index contributed by atoms with van der Waals surface area (Å²) in [5.74, 6) is -1.26. The molecule has 4 rings (SSSR count). The molecular weight excluding hydrogens is 610 g/mol. The van der Waals surface area contributed by atoms with Crippen molar-refractivity contribution in [1.29, 1.82) is 0 Å². The molecule has 0 radical (unpaired) electrons. The number of carbonyl (C=O) groups excluding carboxylic acids is 2. The van der Waals surface area contributed by atoms with Gasteiger partial charge in [-0.3, -0.25) is 19.5 Å². The topological polar surface area (TPSA) is 141 Å². The van der Waals surface area contributed by atoms with Gasteiger partial charge in [0, 0.05) is 49.4 Å². The summed E-state index contributed by atoms with van der Waals surface area (Å²) in [7, 11) is -3.02. The Morgan fingerprint density at radius 1 is 1.19 bits per heavy atom. The molecule has 13 heteroatoms. The lowest BCUT2D eigenvalue weighted by molar-refractivity contribution is -0.124. The van der Waals surface area contributed by atoms with Crippen molar-refractivity contribution in [2.75, 3.05) is 37.7 Å². The van der Waals surface area contributed by atoms with E-state index in [1.807, 2.05) is 47.4 Å². The predicted octanol–water partition coefficient (Wildman–Crippen LogP) is 2.65. The highest BCUT2D eigenvalue weighted by Crippen LogP contribution is 2.26. The number of benzene rings is 2. The fraction of sp³-hybridized carbons (Fsp3) is 0.400. The van der Waals surface area contributed by atoms with Gasteiger partial charge in [0.1, 0.15) is 6.23 Å². The number of aromatic nitrogens is 1. The molecule has 1 aliphatic heterocycles. The molecule has 230 valence electrons. The summed E-state index contributed by atoms with van der Waals surface area (Å²) in [5, 5.41) is 17.0. The van der Waals surface area contributed by atoms with Crippen molar-refractivity contribution in [2.45, 2.75) is 32.0 Å². The van der Waals surface area contributed by atoms with Gasteiger partial charge in [0.25, 0.3) is 0 Å². The lowest BCUT2D eigenvalue weighted by atomic mass is 10.0. The number of carbonyl (C=O) groups is 2. The third-order valence-electron chi connectivity index (χ3n) is 6.96. The van der Waals surface area contributed by atoms with Gasteiger partial charge in [0.2, 0.25) is 11.8 Å². The zero-order chi connectivity index (χ0) is 31.0. The van der Waals surface area contributed by atoms with Crippen LogP contribution in [0.3, 0.4) is 0 Å². The Balaban J connectivity index is 1.43. The highest BCUT2D eigenvalue weighted by Gasteiger charge is 2.25. The number of aliphatic imine (C=N–C) groups is 1. The number of fused-ring (bicyclic) bond motifs is 1. The minimum absolute atomic E-state index is 0.0668. The van der Waals surface area contributed by atoms with Crippen molar-refractivity contribution >= 4 is 61.0 Å². The van der Waals surface area contributed by atoms with Gasteiger partial charge in [-0.05, 0) is 37.1 Å². The fourth-order valence-electron chi connectivity index (χ4n) is 4.64. The number of aliphatic hydroxyl groups excluding tert-OH is 1. The summed E-state index contributed by atoms with van der Waals surface area (Å²) in [6, 6.07) is 14.6. The lowest BCUT2D eigenvalue weighted by Gasteiger charge is -2.27. The smallest absolute Gasteiger partial charge is 0.247 e. The first-order chi connectivity index (χ1) is 20.5. The van der Waals surface area contributed by atoms with E-state index in [-0.39, 0.29) is 42.8 Å². The van der Waals surface area contributed by atoms with Crippen molar-refractivity contribution < 1.29 is 23.1 Å². The second-order valence-corrected chi connectivity index (χ2v) is 14.5. The third kappa shape index (κ3) is 10.2. The zero-order valence-corrected chi connectivity index (χ0v) is 26.3.